The molecule has 0 bridgehead atoms. The Hall–Kier alpha value is -4.04. The van der Waals surface area contributed by atoms with Gasteiger partial charge in [-0.15, -0.1) is 11.3 Å². The molecule has 0 fully saturated rings. The van der Waals surface area contributed by atoms with Crippen LogP contribution >= 0.6 is 11.3 Å². The summed E-state index contributed by atoms with van der Waals surface area (Å²) in [6.07, 6.45) is 0.924. The van der Waals surface area contributed by atoms with Gasteiger partial charge in [-0.25, -0.2) is 4.79 Å². The molecule has 1 aliphatic rings. The lowest BCUT2D eigenvalue weighted by atomic mass is 10.0. The van der Waals surface area contributed by atoms with Crippen LogP contribution in [-0.4, -0.2) is 34.9 Å². The van der Waals surface area contributed by atoms with E-state index in [1.165, 1.54) is 17.5 Å². The Bertz CT molecular complexity index is 1160. The number of allylic oxidation sites excluding steroid dienone is 1. The molecule has 0 aliphatic carbocycles. The van der Waals surface area contributed by atoms with Gasteiger partial charge in [0.2, 0.25) is 11.5 Å². The Kier molecular flexibility index (Phi) is 7.06. The van der Waals surface area contributed by atoms with E-state index in [0.29, 0.717) is 10.6 Å². The number of aliphatic carboxylic acids is 1. The van der Waals surface area contributed by atoms with Crippen LogP contribution in [-0.2, 0) is 19.2 Å². The minimum atomic E-state index is -1.19. The van der Waals surface area contributed by atoms with Gasteiger partial charge in [0.1, 0.15) is 6.10 Å². The number of hydrogen-bond donors (Lipinski definition) is 1. The van der Waals surface area contributed by atoms with Crippen molar-refractivity contribution in [2.24, 2.45) is 10.1 Å². The summed E-state index contributed by atoms with van der Waals surface area (Å²) in [5.74, 6) is -1.27. The van der Waals surface area contributed by atoms with E-state index in [-0.39, 0.29) is 30.3 Å². The van der Waals surface area contributed by atoms with Crippen LogP contribution < -0.4 is 0 Å². The number of carbonyl (C=O) groups excluding carboxylic acids is 1. The highest BCUT2D eigenvalue weighted by molar-refractivity contribution is 7.13. The smallest absolute Gasteiger partial charge is 0.359 e. The topological polar surface area (TPSA) is 97.6 Å². The van der Waals surface area contributed by atoms with Crippen molar-refractivity contribution in [3.8, 4) is 0 Å². The predicted octanol–water partition coefficient (Wildman–Crippen LogP) is 4.61. The number of benzene rings is 2. The van der Waals surface area contributed by atoms with Crippen LogP contribution in [0.3, 0.4) is 0 Å². The normalized spacial score (nSPS) is 14.0. The fourth-order valence-electron chi connectivity index (χ4n) is 3.21. The van der Waals surface area contributed by atoms with E-state index in [9.17, 15) is 14.7 Å². The Morgan fingerprint density at radius 1 is 1.03 bits per heavy atom. The number of ether oxygens (including phenoxy) is 1. The first-order valence-electron chi connectivity index (χ1n) is 10.1. The molecule has 1 aliphatic heterocycles. The van der Waals surface area contributed by atoms with Crippen molar-refractivity contribution in [1.82, 2.24) is 0 Å². The number of carboxylic acid groups (broad SMARTS) is 1. The third-order valence-electron chi connectivity index (χ3n) is 4.80. The largest absolute Gasteiger partial charge is 0.476 e. The first-order chi connectivity index (χ1) is 16.1. The van der Waals surface area contributed by atoms with Crippen molar-refractivity contribution in [2.75, 3.05) is 6.61 Å². The predicted molar refractivity (Wildman–Crippen MR) is 125 cm³/mol. The SMILES string of the molecule is O=C(O)C(=NOCC1=NC=C(OC(c2ccccc2)c2ccccc2)C(=O)C1)c1cccs1. The molecule has 1 aromatic heterocycles. The highest BCUT2D eigenvalue weighted by Gasteiger charge is 2.24. The number of thiophene rings is 1. The van der Waals surface area contributed by atoms with Crippen molar-refractivity contribution >= 4 is 34.5 Å². The monoisotopic (exact) mass is 460 g/mol. The molecular weight excluding hydrogens is 440 g/mol. The molecule has 1 N–H and O–H groups in total. The molecule has 2 heterocycles. The van der Waals surface area contributed by atoms with E-state index in [4.69, 9.17) is 9.57 Å². The molecule has 0 atom stereocenters. The second kappa shape index (κ2) is 10.5. The molecule has 3 aromatic rings. The molecule has 33 heavy (non-hydrogen) atoms. The Morgan fingerprint density at radius 2 is 1.70 bits per heavy atom. The van der Waals surface area contributed by atoms with Gasteiger partial charge in [-0.2, -0.15) is 0 Å². The van der Waals surface area contributed by atoms with Gasteiger partial charge in [0.15, 0.2) is 12.4 Å². The molecule has 166 valence electrons. The fourth-order valence-corrected chi connectivity index (χ4v) is 3.91. The third kappa shape index (κ3) is 5.61. The lowest BCUT2D eigenvalue weighted by Crippen LogP contribution is -2.21. The van der Waals surface area contributed by atoms with E-state index in [0.717, 1.165) is 11.1 Å². The van der Waals surface area contributed by atoms with E-state index < -0.39 is 12.1 Å². The number of Topliss-reactive ketones (excluding diaryl/α,β-unsaturated/α-hetero) is 1. The Balaban J connectivity index is 1.48. The molecule has 0 unspecified atom stereocenters. The van der Waals surface area contributed by atoms with Gasteiger partial charge in [-0.1, -0.05) is 71.9 Å². The summed E-state index contributed by atoms with van der Waals surface area (Å²) in [4.78, 5) is 34.1. The zero-order valence-corrected chi connectivity index (χ0v) is 18.3. The van der Waals surface area contributed by atoms with Crippen molar-refractivity contribution in [3.05, 3.63) is 106 Å². The van der Waals surface area contributed by atoms with Crippen LogP contribution in [0.4, 0.5) is 0 Å². The second-order valence-corrected chi connectivity index (χ2v) is 8.05. The van der Waals surface area contributed by atoms with Crippen LogP contribution in [0.15, 0.2) is 100 Å². The van der Waals surface area contributed by atoms with Crippen LogP contribution in [0.1, 0.15) is 28.5 Å². The lowest BCUT2D eigenvalue weighted by molar-refractivity contribution is -0.129. The maximum atomic E-state index is 12.7. The van der Waals surface area contributed by atoms with Crippen LogP contribution in [0.2, 0.25) is 0 Å². The van der Waals surface area contributed by atoms with E-state index in [1.54, 1.807) is 17.5 Å². The molecular formula is C25H20N2O5S. The van der Waals surface area contributed by atoms with Crippen molar-refractivity contribution in [1.29, 1.82) is 0 Å². The van der Waals surface area contributed by atoms with Gasteiger partial charge >= 0.3 is 5.97 Å². The van der Waals surface area contributed by atoms with Gasteiger partial charge in [0.25, 0.3) is 0 Å². The molecule has 0 spiro atoms. The van der Waals surface area contributed by atoms with Crippen molar-refractivity contribution in [3.63, 3.8) is 0 Å². The minimum Gasteiger partial charge on any atom is -0.476 e. The van der Waals surface area contributed by atoms with Crippen LogP contribution in [0.5, 0.6) is 0 Å². The molecule has 7 nitrogen and oxygen atoms in total. The summed E-state index contributed by atoms with van der Waals surface area (Å²) >= 11 is 1.25. The van der Waals surface area contributed by atoms with Crippen LogP contribution in [0, 0.1) is 0 Å². The fraction of sp³-hybridized carbons (Fsp3) is 0.120. The molecule has 2 aromatic carbocycles. The number of rotatable bonds is 9. The van der Waals surface area contributed by atoms with Crippen LogP contribution in [0.25, 0.3) is 0 Å². The Labute approximate surface area is 194 Å². The summed E-state index contributed by atoms with van der Waals surface area (Å²) in [6, 6.07) is 22.7. The van der Waals surface area contributed by atoms with Gasteiger partial charge in [0, 0.05) is 0 Å². The average molecular weight is 461 g/mol. The van der Waals surface area contributed by atoms with E-state index in [1.807, 2.05) is 60.7 Å². The summed E-state index contributed by atoms with van der Waals surface area (Å²) < 4.78 is 6.11. The number of hydrogen-bond acceptors (Lipinski definition) is 7. The maximum absolute atomic E-state index is 12.7. The average Bonchev–Trinajstić information content (AvgIpc) is 3.37. The number of oxime groups is 1. The number of aliphatic imine (C=N–C) groups is 1. The summed E-state index contributed by atoms with van der Waals surface area (Å²) in [5.41, 5.74) is 2.07. The molecule has 8 heteroatoms. The molecule has 0 saturated heterocycles. The standard InChI is InChI=1S/C25H20N2O5S/c28-20-14-19(16-31-27-23(25(29)30)22-12-7-13-33-22)26-15-21(20)32-24(17-8-3-1-4-9-17)18-10-5-2-6-11-18/h1-13,15,24H,14,16H2,(H,29,30). The minimum absolute atomic E-state index is 0.000933. The van der Waals surface area contributed by atoms with Gasteiger partial charge in [0.05, 0.1) is 23.2 Å². The van der Waals surface area contributed by atoms with E-state index in [2.05, 4.69) is 10.1 Å². The first kappa shape index (κ1) is 22.2. The quantitative estimate of drug-likeness (QED) is 0.371. The zero-order chi connectivity index (χ0) is 23.0. The highest BCUT2D eigenvalue weighted by Crippen LogP contribution is 2.29. The highest BCUT2D eigenvalue weighted by atomic mass is 32.1. The maximum Gasteiger partial charge on any atom is 0.359 e. The lowest BCUT2D eigenvalue weighted by Gasteiger charge is -2.22. The number of ketones is 1. The van der Waals surface area contributed by atoms with Crippen molar-refractivity contribution in [2.45, 2.75) is 12.5 Å². The molecule has 0 radical (unpaired) electrons. The zero-order valence-electron chi connectivity index (χ0n) is 17.5. The van der Waals surface area contributed by atoms with E-state index >= 15 is 0 Å². The third-order valence-corrected chi connectivity index (χ3v) is 5.67. The number of nitrogens with zero attached hydrogens (tertiary/aromatic N) is 2. The second-order valence-electron chi connectivity index (χ2n) is 7.10. The summed E-state index contributed by atoms with van der Waals surface area (Å²) in [6.45, 7) is -0.0987. The van der Waals surface area contributed by atoms with Gasteiger partial charge in [-0.3, -0.25) is 9.79 Å². The summed E-state index contributed by atoms with van der Waals surface area (Å²) in [5, 5.41) is 14.8. The van der Waals surface area contributed by atoms with Crippen molar-refractivity contribution < 1.29 is 24.3 Å². The Morgan fingerprint density at radius 3 is 2.24 bits per heavy atom. The summed E-state index contributed by atoms with van der Waals surface area (Å²) in [7, 11) is 0. The molecule has 0 amide bonds. The molecule has 0 saturated carbocycles. The first-order valence-corrected chi connectivity index (χ1v) is 11.0. The number of carbonyl (C=O) groups is 2. The van der Waals surface area contributed by atoms with Gasteiger partial charge in [-0.05, 0) is 22.6 Å². The molecule has 4 rings (SSSR count). The van der Waals surface area contributed by atoms with Gasteiger partial charge < -0.3 is 14.7 Å². The number of carboxylic acids is 1.